The zero-order chi connectivity index (χ0) is 17.1. The van der Waals surface area contributed by atoms with Gasteiger partial charge in [0.15, 0.2) is 0 Å². The summed E-state index contributed by atoms with van der Waals surface area (Å²) in [5.41, 5.74) is 3.85. The van der Waals surface area contributed by atoms with Gasteiger partial charge in [0.25, 0.3) is 5.91 Å². The van der Waals surface area contributed by atoms with Gasteiger partial charge in [-0.25, -0.2) is 4.98 Å². The molecule has 24 heavy (non-hydrogen) atoms. The first-order chi connectivity index (χ1) is 11.6. The van der Waals surface area contributed by atoms with Crippen molar-refractivity contribution in [2.45, 2.75) is 13.8 Å². The highest BCUT2D eigenvalue weighted by Crippen LogP contribution is 2.28. The van der Waals surface area contributed by atoms with Crippen LogP contribution in [0.3, 0.4) is 0 Å². The largest absolute Gasteiger partial charge is 0.507 e. The Morgan fingerprint density at radius 3 is 2.92 bits per heavy atom. The number of rotatable bonds is 4. The number of carbonyl (C=O) groups excluding carboxylic acids is 1. The molecule has 0 radical (unpaired) electrons. The quantitative estimate of drug-likeness (QED) is 0.685. The van der Waals surface area contributed by atoms with E-state index in [0.717, 1.165) is 27.7 Å². The Balaban J connectivity index is 2.08. The van der Waals surface area contributed by atoms with E-state index in [9.17, 15) is 9.90 Å². The molecule has 0 bridgehead atoms. The first-order valence-corrected chi connectivity index (χ1v) is 7.85. The Hall–Kier alpha value is -3.08. The number of pyridine rings is 1. The number of H-pyrrole nitrogens is 1. The minimum Gasteiger partial charge on any atom is -0.507 e. The molecule has 3 N–H and O–H groups in total. The molecule has 0 aliphatic rings. The zero-order valence-corrected chi connectivity index (χ0v) is 13.6. The predicted molar refractivity (Wildman–Crippen MR) is 95.9 cm³/mol. The van der Waals surface area contributed by atoms with E-state index in [1.807, 2.05) is 38.3 Å². The summed E-state index contributed by atoms with van der Waals surface area (Å²) in [6.07, 6.45) is 7.66. The lowest BCUT2D eigenvalue weighted by Gasteiger charge is -2.08. The van der Waals surface area contributed by atoms with Crippen LogP contribution in [0, 0.1) is 0 Å². The Kier molecular flexibility index (Phi) is 4.33. The van der Waals surface area contributed by atoms with Crippen molar-refractivity contribution in [2.75, 3.05) is 6.54 Å². The van der Waals surface area contributed by atoms with Crippen LogP contribution < -0.4 is 5.32 Å². The maximum atomic E-state index is 12.1. The van der Waals surface area contributed by atoms with Gasteiger partial charge in [0, 0.05) is 35.5 Å². The highest BCUT2D eigenvalue weighted by atomic mass is 16.3. The topological polar surface area (TPSA) is 78.0 Å². The van der Waals surface area contributed by atoms with Gasteiger partial charge in [-0.2, -0.15) is 0 Å². The van der Waals surface area contributed by atoms with E-state index >= 15 is 0 Å². The Bertz CT molecular complexity index is 926. The van der Waals surface area contributed by atoms with Crippen molar-refractivity contribution in [3.63, 3.8) is 0 Å². The summed E-state index contributed by atoms with van der Waals surface area (Å²) in [7, 11) is 0. The number of aromatic amines is 1. The molecule has 2 heterocycles. The summed E-state index contributed by atoms with van der Waals surface area (Å²) in [6, 6.07) is 7.03. The number of nitrogens with one attached hydrogen (secondary N) is 2. The lowest BCUT2D eigenvalue weighted by molar-refractivity contribution is 0.0953. The number of carbonyl (C=O) groups is 1. The average Bonchev–Trinajstić information content (AvgIpc) is 2.98. The van der Waals surface area contributed by atoms with Gasteiger partial charge in [0.05, 0.1) is 5.56 Å². The molecule has 0 saturated heterocycles. The molecule has 3 aromatic rings. The number of phenols is 1. The normalized spacial score (nSPS) is 11.2. The number of benzene rings is 1. The highest BCUT2D eigenvalue weighted by molar-refractivity contribution is 5.98. The first kappa shape index (κ1) is 15.8. The third-order valence-corrected chi connectivity index (χ3v) is 3.82. The summed E-state index contributed by atoms with van der Waals surface area (Å²) in [4.78, 5) is 19.6. The molecule has 0 aliphatic heterocycles. The van der Waals surface area contributed by atoms with Gasteiger partial charge in [0.1, 0.15) is 11.4 Å². The smallest absolute Gasteiger partial charge is 0.255 e. The molecule has 5 nitrogen and oxygen atoms in total. The Morgan fingerprint density at radius 2 is 2.17 bits per heavy atom. The molecule has 0 spiro atoms. The molecular formula is C19H19N3O2. The van der Waals surface area contributed by atoms with Crippen LogP contribution in [0.1, 0.15) is 29.8 Å². The summed E-state index contributed by atoms with van der Waals surface area (Å²) in [5.74, 6) is -0.322. The van der Waals surface area contributed by atoms with Gasteiger partial charge in [-0.05, 0) is 37.6 Å². The molecule has 122 valence electrons. The molecule has 3 rings (SSSR count). The summed E-state index contributed by atoms with van der Waals surface area (Å²) in [5, 5.41) is 13.7. The van der Waals surface area contributed by atoms with Crippen LogP contribution in [0.5, 0.6) is 5.75 Å². The molecule has 1 aromatic carbocycles. The third kappa shape index (κ3) is 2.88. The third-order valence-electron chi connectivity index (χ3n) is 3.82. The predicted octanol–water partition coefficient (Wildman–Crippen LogP) is 3.72. The van der Waals surface area contributed by atoms with Crippen LogP contribution in [0.25, 0.3) is 28.2 Å². The number of aromatic hydroxyl groups is 1. The monoisotopic (exact) mass is 321 g/mol. The highest BCUT2D eigenvalue weighted by Gasteiger charge is 2.13. The fourth-order valence-electron chi connectivity index (χ4n) is 2.65. The molecule has 5 heteroatoms. The van der Waals surface area contributed by atoms with E-state index < -0.39 is 0 Å². The number of fused-ring (bicyclic) bond motifs is 1. The second kappa shape index (κ2) is 6.58. The molecule has 1 amide bonds. The first-order valence-electron chi connectivity index (χ1n) is 7.85. The fraction of sp³-hybridized carbons (Fsp3) is 0.158. The van der Waals surface area contributed by atoms with Crippen molar-refractivity contribution in [3.05, 3.63) is 53.9 Å². The van der Waals surface area contributed by atoms with Crippen molar-refractivity contribution < 1.29 is 9.90 Å². The standard InChI is InChI=1S/C19H19N3O2/c1-3-5-13-10-21-18-15(13)9-14(11-22-18)12-6-7-17(23)16(8-12)19(24)20-4-2/h3,5-11,23H,4H2,1-2H3,(H,20,24)(H,21,22)/b5-3+. The minimum absolute atomic E-state index is 0.0324. The molecule has 0 fully saturated rings. The number of nitrogens with zero attached hydrogens (tertiary/aromatic N) is 1. The van der Waals surface area contributed by atoms with E-state index in [4.69, 9.17) is 0 Å². The van der Waals surface area contributed by atoms with Crippen LogP contribution in [0.2, 0.25) is 0 Å². The van der Waals surface area contributed by atoms with Crippen LogP contribution in [0.15, 0.2) is 42.7 Å². The molecular weight excluding hydrogens is 302 g/mol. The Morgan fingerprint density at radius 1 is 1.33 bits per heavy atom. The average molecular weight is 321 g/mol. The lowest BCUT2D eigenvalue weighted by Crippen LogP contribution is -2.22. The summed E-state index contributed by atoms with van der Waals surface area (Å²) in [6.45, 7) is 4.31. The van der Waals surface area contributed by atoms with Crippen molar-refractivity contribution in [1.29, 1.82) is 0 Å². The number of amides is 1. The van der Waals surface area contributed by atoms with Crippen molar-refractivity contribution >= 4 is 23.0 Å². The molecule has 2 aromatic heterocycles. The number of phenolic OH excluding ortho intramolecular Hbond substituents is 1. The van der Waals surface area contributed by atoms with Gasteiger partial charge in [-0.15, -0.1) is 0 Å². The van der Waals surface area contributed by atoms with Gasteiger partial charge < -0.3 is 15.4 Å². The summed E-state index contributed by atoms with van der Waals surface area (Å²) >= 11 is 0. The van der Waals surface area contributed by atoms with E-state index in [-0.39, 0.29) is 17.2 Å². The molecule has 0 atom stereocenters. The second-order valence-corrected chi connectivity index (χ2v) is 5.46. The molecule has 0 aliphatic carbocycles. The van der Waals surface area contributed by atoms with E-state index in [1.165, 1.54) is 6.07 Å². The maximum Gasteiger partial charge on any atom is 0.255 e. The van der Waals surface area contributed by atoms with Crippen LogP contribution >= 0.6 is 0 Å². The van der Waals surface area contributed by atoms with E-state index in [1.54, 1.807) is 18.3 Å². The minimum atomic E-state index is -0.290. The van der Waals surface area contributed by atoms with Crippen LogP contribution in [-0.4, -0.2) is 27.5 Å². The molecule has 0 saturated carbocycles. The van der Waals surface area contributed by atoms with Gasteiger partial charge in [0.2, 0.25) is 0 Å². The van der Waals surface area contributed by atoms with Crippen molar-refractivity contribution in [1.82, 2.24) is 15.3 Å². The van der Waals surface area contributed by atoms with Crippen LogP contribution in [-0.2, 0) is 0 Å². The Labute approximate surface area is 140 Å². The number of aromatic nitrogens is 2. The lowest BCUT2D eigenvalue weighted by atomic mass is 10.0. The van der Waals surface area contributed by atoms with E-state index in [2.05, 4.69) is 15.3 Å². The van der Waals surface area contributed by atoms with Gasteiger partial charge in [-0.1, -0.05) is 18.2 Å². The fourth-order valence-corrected chi connectivity index (χ4v) is 2.65. The zero-order valence-electron chi connectivity index (χ0n) is 13.6. The number of hydrogen-bond acceptors (Lipinski definition) is 3. The van der Waals surface area contributed by atoms with Gasteiger partial charge in [-0.3, -0.25) is 4.79 Å². The molecule has 0 unspecified atom stereocenters. The van der Waals surface area contributed by atoms with Crippen LogP contribution in [0.4, 0.5) is 0 Å². The maximum absolute atomic E-state index is 12.1. The van der Waals surface area contributed by atoms with Crippen molar-refractivity contribution in [3.8, 4) is 16.9 Å². The number of allylic oxidation sites excluding steroid dienone is 1. The van der Waals surface area contributed by atoms with E-state index in [0.29, 0.717) is 6.54 Å². The number of hydrogen-bond donors (Lipinski definition) is 3. The SMILES string of the molecule is C/C=C/c1c[nH]c2ncc(-c3ccc(O)c(C(=O)NCC)c3)cc12. The van der Waals surface area contributed by atoms with Crippen molar-refractivity contribution in [2.24, 2.45) is 0 Å². The summed E-state index contributed by atoms with van der Waals surface area (Å²) < 4.78 is 0. The second-order valence-electron chi connectivity index (χ2n) is 5.46. The van der Waals surface area contributed by atoms with Gasteiger partial charge >= 0.3 is 0 Å².